The second-order valence-corrected chi connectivity index (χ2v) is 14.0. The van der Waals surface area contributed by atoms with E-state index in [4.69, 9.17) is 0 Å². The monoisotopic (exact) mass is 464 g/mol. The number of hydrogen-bond acceptors (Lipinski definition) is 2. The van der Waals surface area contributed by atoms with Crippen molar-refractivity contribution < 1.29 is 10.2 Å². The topological polar surface area (TPSA) is 40.5 Å². The summed E-state index contributed by atoms with van der Waals surface area (Å²) in [5, 5.41) is 21.9. The fourth-order valence-electron chi connectivity index (χ4n) is 4.35. The van der Waals surface area contributed by atoms with Crippen molar-refractivity contribution in [1.29, 1.82) is 0 Å². The summed E-state index contributed by atoms with van der Waals surface area (Å²) in [6, 6.07) is 8.63. The van der Waals surface area contributed by atoms with Gasteiger partial charge in [0, 0.05) is 0 Å². The second-order valence-electron chi connectivity index (χ2n) is 14.0. The minimum atomic E-state index is -0.122. The quantitative estimate of drug-likeness (QED) is 0.445. The highest BCUT2D eigenvalue weighted by atomic mass is 16.3. The molecule has 2 rings (SSSR count). The van der Waals surface area contributed by atoms with E-state index >= 15 is 0 Å². The van der Waals surface area contributed by atoms with Crippen LogP contribution in [0.2, 0.25) is 0 Å². The van der Waals surface area contributed by atoms with Gasteiger partial charge in [-0.1, -0.05) is 120 Å². The van der Waals surface area contributed by atoms with Gasteiger partial charge in [0.05, 0.1) is 0 Å². The number of phenolic OH excluding ortho intramolecular Hbond substituents is 2. The maximum absolute atomic E-state index is 11.0. The number of benzene rings is 2. The molecule has 0 spiro atoms. The molecule has 0 aromatic heterocycles. The maximum Gasteiger partial charge on any atom is 0.123 e. The number of allylic oxidation sites excluding steroid dienone is 2. The first-order chi connectivity index (χ1) is 15.2. The Morgan fingerprint density at radius 2 is 0.676 bits per heavy atom. The smallest absolute Gasteiger partial charge is 0.123 e. The van der Waals surface area contributed by atoms with Crippen molar-refractivity contribution in [3.8, 4) is 11.5 Å². The molecule has 34 heavy (non-hydrogen) atoms. The van der Waals surface area contributed by atoms with Gasteiger partial charge in [-0.2, -0.15) is 0 Å². The molecule has 188 valence electrons. The lowest BCUT2D eigenvalue weighted by molar-refractivity contribution is 0.422. The highest BCUT2D eigenvalue weighted by Gasteiger charge is 2.27. The Morgan fingerprint density at radius 3 is 0.853 bits per heavy atom. The van der Waals surface area contributed by atoms with Crippen LogP contribution in [0.15, 0.2) is 36.4 Å². The van der Waals surface area contributed by atoms with Gasteiger partial charge in [0.15, 0.2) is 0 Å². The average molecular weight is 465 g/mol. The predicted molar refractivity (Wildman–Crippen MR) is 148 cm³/mol. The van der Waals surface area contributed by atoms with Crippen LogP contribution >= 0.6 is 0 Å². The molecule has 0 aliphatic heterocycles. The molecule has 0 aliphatic rings. The minimum absolute atomic E-state index is 0.122. The number of aromatic hydroxyl groups is 2. The normalized spacial score (nSPS) is 13.6. The van der Waals surface area contributed by atoms with Crippen molar-refractivity contribution in [2.75, 3.05) is 0 Å². The molecule has 0 amide bonds. The fourth-order valence-corrected chi connectivity index (χ4v) is 4.35. The Bertz CT molecular complexity index is 887. The summed E-state index contributed by atoms with van der Waals surface area (Å²) in [5.74, 6) is 0.863. The first kappa shape index (κ1) is 28.0. The molecule has 0 heterocycles. The molecular formula is C32H48O2. The molecule has 0 saturated carbocycles. The first-order valence-electron chi connectivity index (χ1n) is 12.6. The van der Waals surface area contributed by atoms with Gasteiger partial charge in [-0.05, 0) is 67.9 Å². The van der Waals surface area contributed by atoms with Crippen molar-refractivity contribution >= 4 is 0 Å². The second kappa shape index (κ2) is 9.44. The summed E-state index contributed by atoms with van der Waals surface area (Å²) in [4.78, 5) is 0. The Balaban J connectivity index is 2.38. The lowest BCUT2D eigenvalue weighted by Crippen LogP contribution is -2.18. The summed E-state index contributed by atoms with van der Waals surface area (Å²) >= 11 is 0. The van der Waals surface area contributed by atoms with Gasteiger partial charge in [-0.15, -0.1) is 0 Å². The van der Waals surface area contributed by atoms with Crippen LogP contribution in [0.4, 0.5) is 0 Å². The summed E-state index contributed by atoms with van der Waals surface area (Å²) in [6.45, 7) is 25.8. The van der Waals surface area contributed by atoms with Crippen molar-refractivity contribution in [1.82, 2.24) is 0 Å². The highest BCUT2D eigenvalue weighted by molar-refractivity contribution is 5.51. The van der Waals surface area contributed by atoms with Crippen molar-refractivity contribution in [2.24, 2.45) is 0 Å². The van der Waals surface area contributed by atoms with E-state index in [9.17, 15) is 10.2 Å². The van der Waals surface area contributed by atoms with Crippen LogP contribution in [-0.4, -0.2) is 10.2 Å². The molecule has 0 aliphatic carbocycles. The third-order valence-corrected chi connectivity index (χ3v) is 6.45. The Kier molecular flexibility index (Phi) is 7.78. The predicted octanol–water partition coefficient (Wildman–Crippen LogP) is 8.63. The standard InChI is InChI=1S/C32H48O2/c1-29(2,3)23-17-21(18-24(27(23)33)30(4,5)6)15-13-14-16-22-19-25(31(7,8)9)28(34)26(20-22)32(10,11)12/h13-14,17-20,33-34H,15-16H2,1-12H3. The zero-order chi connectivity index (χ0) is 26.3. The molecule has 0 fully saturated rings. The number of phenols is 2. The van der Waals surface area contributed by atoms with Gasteiger partial charge in [-0.25, -0.2) is 0 Å². The van der Waals surface area contributed by atoms with Gasteiger partial charge < -0.3 is 10.2 Å². The van der Waals surface area contributed by atoms with Crippen LogP contribution in [0.5, 0.6) is 11.5 Å². The average Bonchev–Trinajstić information content (AvgIpc) is 2.63. The first-order valence-corrected chi connectivity index (χ1v) is 12.6. The van der Waals surface area contributed by atoms with Crippen LogP contribution < -0.4 is 0 Å². The molecule has 0 unspecified atom stereocenters. The molecule has 0 saturated heterocycles. The van der Waals surface area contributed by atoms with Crippen LogP contribution in [0.25, 0.3) is 0 Å². The van der Waals surface area contributed by atoms with E-state index < -0.39 is 0 Å². The lowest BCUT2D eigenvalue weighted by Gasteiger charge is -2.28. The highest BCUT2D eigenvalue weighted by Crippen LogP contribution is 2.41. The van der Waals surface area contributed by atoms with Crippen LogP contribution in [-0.2, 0) is 34.5 Å². The van der Waals surface area contributed by atoms with Crippen molar-refractivity contribution in [3.63, 3.8) is 0 Å². The van der Waals surface area contributed by atoms with Crippen molar-refractivity contribution in [3.05, 3.63) is 69.8 Å². The molecule has 2 aromatic rings. The summed E-state index contributed by atoms with van der Waals surface area (Å²) in [7, 11) is 0. The third kappa shape index (κ3) is 6.68. The van der Waals surface area contributed by atoms with E-state index in [1.807, 2.05) is 0 Å². The zero-order valence-corrected chi connectivity index (χ0v) is 23.8. The van der Waals surface area contributed by atoms with E-state index in [2.05, 4.69) is 120 Å². The Hall–Kier alpha value is -2.22. The van der Waals surface area contributed by atoms with Gasteiger partial charge in [0.2, 0.25) is 0 Å². The molecule has 2 aromatic carbocycles. The molecule has 2 heteroatoms. The van der Waals surface area contributed by atoms with Gasteiger partial charge >= 0.3 is 0 Å². The maximum atomic E-state index is 11.0. The van der Waals surface area contributed by atoms with Gasteiger partial charge in [0.1, 0.15) is 11.5 Å². The Morgan fingerprint density at radius 1 is 0.471 bits per heavy atom. The largest absolute Gasteiger partial charge is 0.507 e. The Labute approximate surface area is 209 Å². The van der Waals surface area contributed by atoms with Gasteiger partial charge in [-0.3, -0.25) is 0 Å². The minimum Gasteiger partial charge on any atom is -0.507 e. The van der Waals surface area contributed by atoms with E-state index in [1.165, 1.54) is 11.1 Å². The third-order valence-electron chi connectivity index (χ3n) is 6.45. The molecular weight excluding hydrogens is 416 g/mol. The molecule has 2 N–H and O–H groups in total. The summed E-state index contributed by atoms with van der Waals surface area (Å²) in [5.41, 5.74) is 5.98. The number of rotatable bonds is 4. The lowest BCUT2D eigenvalue weighted by atomic mass is 9.78. The molecule has 2 nitrogen and oxygen atoms in total. The van der Waals surface area contributed by atoms with E-state index in [-0.39, 0.29) is 21.7 Å². The summed E-state index contributed by atoms with van der Waals surface area (Å²) in [6.07, 6.45) is 6.10. The van der Waals surface area contributed by atoms with Crippen LogP contribution in [0.1, 0.15) is 116 Å². The van der Waals surface area contributed by atoms with Crippen LogP contribution in [0, 0.1) is 0 Å². The van der Waals surface area contributed by atoms with E-state index in [0.717, 1.165) is 35.1 Å². The van der Waals surface area contributed by atoms with E-state index in [1.54, 1.807) is 0 Å². The number of hydrogen-bond donors (Lipinski definition) is 2. The SMILES string of the molecule is CC(C)(C)c1cc(CC=CCc2cc(C(C)(C)C)c(O)c(C(C)(C)C)c2)cc(C(C)(C)C)c1O. The van der Waals surface area contributed by atoms with Crippen LogP contribution in [0.3, 0.4) is 0 Å². The van der Waals surface area contributed by atoms with Crippen molar-refractivity contribution in [2.45, 2.75) is 118 Å². The molecule has 0 atom stereocenters. The molecule has 0 bridgehead atoms. The fraction of sp³-hybridized carbons (Fsp3) is 0.562. The zero-order valence-electron chi connectivity index (χ0n) is 23.8. The summed E-state index contributed by atoms with van der Waals surface area (Å²) < 4.78 is 0. The molecule has 0 radical (unpaired) electrons. The van der Waals surface area contributed by atoms with E-state index in [0.29, 0.717) is 11.5 Å². The van der Waals surface area contributed by atoms with Gasteiger partial charge in [0.25, 0.3) is 0 Å².